The molecule has 10 heteroatoms. The third-order valence-electron chi connectivity index (χ3n) is 8.04. The second-order valence-electron chi connectivity index (χ2n) is 11.5. The molecule has 0 bridgehead atoms. The number of carbonyl (C=O) groups excluding carboxylic acids is 3. The Hall–Kier alpha value is -5.09. The Kier molecular flexibility index (Phi) is 9.84. The van der Waals surface area contributed by atoms with Crippen molar-refractivity contribution in [1.29, 1.82) is 0 Å². The van der Waals surface area contributed by atoms with Gasteiger partial charge in [-0.05, 0) is 48.7 Å². The van der Waals surface area contributed by atoms with E-state index in [2.05, 4.69) is 16.0 Å². The quantitative estimate of drug-likeness (QED) is 0.211. The van der Waals surface area contributed by atoms with Gasteiger partial charge in [-0.2, -0.15) is 0 Å². The Bertz CT molecular complexity index is 1660. The van der Waals surface area contributed by atoms with Gasteiger partial charge in [-0.15, -0.1) is 0 Å². The molecule has 0 radical (unpaired) electrons. The molecule has 45 heavy (non-hydrogen) atoms. The summed E-state index contributed by atoms with van der Waals surface area (Å²) in [6, 6.07) is 26.8. The summed E-state index contributed by atoms with van der Waals surface area (Å²) in [5, 5.41) is 20.5. The van der Waals surface area contributed by atoms with Crippen molar-refractivity contribution in [1.82, 2.24) is 9.80 Å². The van der Waals surface area contributed by atoms with Gasteiger partial charge in [0.15, 0.2) is 0 Å². The SMILES string of the molecule is C[C@H]1CN([C@@H](C)CO)C(=O)Cc2cc(NC(=O)Nc3ccccc3)ccc2O[C@@H]1CN(C)C(=O)Nc1cccc2ccccc12. The zero-order valence-corrected chi connectivity index (χ0v) is 25.7. The van der Waals surface area contributed by atoms with Gasteiger partial charge in [0.05, 0.1) is 31.3 Å². The molecule has 0 fully saturated rings. The number of benzene rings is 4. The van der Waals surface area contributed by atoms with E-state index in [0.717, 1.165) is 10.8 Å². The Balaban J connectivity index is 1.36. The molecule has 10 nitrogen and oxygen atoms in total. The summed E-state index contributed by atoms with van der Waals surface area (Å²) in [5.74, 6) is 0.147. The second kappa shape index (κ2) is 14.1. The van der Waals surface area contributed by atoms with Crippen molar-refractivity contribution < 1.29 is 24.2 Å². The summed E-state index contributed by atoms with van der Waals surface area (Å²) in [6.07, 6.45) is -0.460. The maximum atomic E-state index is 13.5. The Morgan fingerprint density at radius 2 is 1.67 bits per heavy atom. The van der Waals surface area contributed by atoms with Crippen LogP contribution in [-0.4, -0.2) is 71.8 Å². The van der Waals surface area contributed by atoms with E-state index in [1.807, 2.05) is 67.6 Å². The summed E-state index contributed by atoms with van der Waals surface area (Å²) < 4.78 is 6.54. The van der Waals surface area contributed by atoms with E-state index in [4.69, 9.17) is 4.74 Å². The van der Waals surface area contributed by atoms with Gasteiger partial charge in [0, 0.05) is 41.8 Å². The lowest BCUT2D eigenvalue weighted by molar-refractivity contribution is -0.134. The lowest BCUT2D eigenvalue weighted by atomic mass is 10.0. The maximum absolute atomic E-state index is 13.5. The zero-order valence-electron chi connectivity index (χ0n) is 25.7. The number of aliphatic hydroxyl groups is 1. The Morgan fingerprint density at radius 3 is 2.44 bits per heavy atom. The molecule has 0 unspecified atom stereocenters. The molecule has 0 spiro atoms. The highest BCUT2D eigenvalue weighted by atomic mass is 16.5. The topological polar surface area (TPSA) is 123 Å². The molecule has 0 aliphatic carbocycles. The third kappa shape index (κ3) is 7.71. The number of hydrogen-bond acceptors (Lipinski definition) is 5. The van der Waals surface area contributed by atoms with Gasteiger partial charge in [0.25, 0.3) is 0 Å². The van der Waals surface area contributed by atoms with Gasteiger partial charge in [0.2, 0.25) is 5.91 Å². The first-order valence-electron chi connectivity index (χ1n) is 15.0. The number of rotatable bonds is 7. The fraction of sp³-hybridized carbons (Fsp3) is 0.286. The predicted molar refractivity (Wildman–Crippen MR) is 177 cm³/mol. The molecule has 1 aliphatic heterocycles. The largest absolute Gasteiger partial charge is 0.488 e. The van der Waals surface area contributed by atoms with Crippen molar-refractivity contribution in [2.75, 3.05) is 42.7 Å². The number of amides is 5. The van der Waals surface area contributed by atoms with E-state index in [1.165, 1.54) is 0 Å². The van der Waals surface area contributed by atoms with Crippen molar-refractivity contribution >= 4 is 45.8 Å². The summed E-state index contributed by atoms with van der Waals surface area (Å²) in [5.41, 5.74) is 2.45. The zero-order chi connectivity index (χ0) is 31.9. The first-order valence-corrected chi connectivity index (χ1v) is 15.0. The second-order valence-corrected chi connectivity index (χ2v) is 11.5. The molecule has 4 aromatic carbocycles. The number of fused-ring (bicyclic) bond motifs is 2. The van der Waals surface area contributed by atoms with Crippen LogP contribution in [0.5, 0.6) is 5.75 Å². The summed E-state index contributed by atoms with van der Waals surface area (Å²) in [6.45, 7) is 4.16. The van der Waals surface area contributed by atoms with E-state index in [0.29, 0.717) is 34.9 Å². The summed E-state index contributed by atoms with van der Waals surface area (Å²) in [7, 11) is 1.71. The number of aliphatic hydroxyl groups excluding tert-OH is 1. The molecule has 0 saturated carbocycles. The van der Waals surface area contributed by atoms with E-state index >= 15 is 0 Å². The predicted octanol–water partition coefficient (Wildman–Crippen LogP) is 5.80. The molecule has 5 rings (SSSR count). The first kappa shape index (κ1) is 31.3. The van der Waals surface area contributed by atoms with Crippen LogP contribution in [-0.2, 0) is 11.2 Å². The number of nitrogens with zero attached hydrogens (tertiary/aromatic N) is 2. The van der Waals surface area contributed by atoms with E-state index < -0.39 is 18.2 Å². The number of nitrogens with one attached hydrogen (secondary N) is 3. The number of hydrogen-bond donors (Lipinski definition) is 4. The standard InChI is InChI=1S/C35H39N5O5/c1-23-20-40(24(2)22-41)33(42)19-26-18-28(37-34(43)36-27-12-5-4-6-13-27)16-17-31(26)45-32(23)21-39(3)35(44)38-30-15-9-11-25-10-7-8-14-29(25)30/h4-18,23-24,32,41H,19-22H2,1-3H3,(H,38,44)(H2,36,37,43)/t23-,24-,32+/m0/s1. The average molecular weight is 610 g/mol. The van der Waals surface area contributed by atoms with Crippen molar-refractivity contribution in [3.63, 3.8) is 0 Å². The Labute approximate surface area is 263 Å². The highest BCUT2D eigenvalue weighted by Crippen LogP contribution is 2.30. The van der Waals surface area contributed by atoms with Crippen molar-refractivity contribution in [2.24, 2.45) is 5.92 Å². The number of carbonyl (C=O) groups is 3. The molecule has 0 aromatic heterocycles. The molecular formula is C35H39N5O5. The fourth-order valence-corrected chi connectivity index (χ4v) is 5.44. The van der Waals surface area contributed by atoms with Crippen LogP contribution in [0.2, 0.25) is 0 Å². The molecular weight excluding hydrogens is 570 g/mol. The van der Waals surface area contributed by atoms with Crippen LogP contribution >= 0.6 is 0 Å². The van der Waals surface area contributed by atoms with Crippen LogP contribution in [0.3, 0.4) is 0 Å². The van der Waals surface area contributed by atoms with Crippen LogP contribution in [0.15, 0.2) is 91.0 Å². The molecule has 1 aliphatic rings. The minimum absolute atomic E-state index is 0.0202. The number of anilines is 3. The average Bonchev–Trinajstić information content (AvgIpc) is 3.08. The van der Waals surface area contributed by atoms with Gasteiger partial charge in [-0.1, -0.05) is 61.5 Å². The van der Waals surface area contributed by atoms with Crippen molar-refractivity contribution in [3.05, 3.63) is 96.6 Å². The molecule has 4 aromatic rings. The van der Waals surface area contributed by atoms with E-state index in [1.54, 1.807) is 54.1 Å². The van der Waals surface area contributed by atoms with Gasteiger partial charge >= 0.3 is 12.1 Å². The molecule has 4 N–H and O–H groups in total. The minimum Gasteiger partial charge on any atom is -0.488 e. The molecule has 0 saturated heterocycles. The lowest BCUT2D eigenvalue weighted by Gasteiger charge is -2.34. The van der Waals surface area contributed by atoms with E-state index in [9.17, 15) is 19.5 Å². The van der Waals surface area contributed by atoms with Gasteiger partial charge in [-0.3, -0.25) is 4.79 Å². The highest BCUT2D eigenvalue weighted by Gasteiger charge is 2.32. The highest BCUT2D eigenvalue weighted by molar-refractivity contribution is 6.01. The summed E-state index contributed by atoms with van der Waals surface area (Å²) in [4.78, 5) is 42.8. The Morgan fingerprint density at radius 1 is 0.956 bits per heavy atom. The minimum atomic E-state index is -0.480. The number of likely N-dealkylation sites (N-methyl/N-ethyl adjacent to an activating group) is 1. The molecule has 1 heterocycles. The molecule has 234 valence electrons. The third-order valence-corrected chi connectivity index (χ3v) is 8.04. The molecule has 3 atom stereocenters. The monoisotopic (exact) mass is 609 g/mol. The van der Waals surface area contributed by atoms with Crippen LogP contribution in [0.1, 0.15) is 19.4 Å². The fourth-order valence-electron chi connectivity index (χ4n) is 5.44. The molecule has 5 amide bonds. The number of ether oxygens (including phenoxy) is 1. The lowest BCUT2D eigenvalue weighted by Crippen LogP contribution is -2.48. The van der Waals surface area contributed by atoms with Crippen LogP contribution in [0.25, 0.3) is 10.8 Å². The smallest absolute Gasteiger partial charge is 0.323 e. The van der Waals surface area contributed by atoms with E-state index in [-0.39, 0.29) is 37.4 Å². The van der Waals surface area contributed by atoms with Gasteiger partial charge < -0.3 is 35.6 Å². The van der Waals surface area contributed by atoms with Gasteiger partial charge in [0.1, 0.15) is 11.9 Å². The normalized spacial score (nSPS) is 17.2. The van der Waals surface area contributed by atoms with Crippen LogP contribution in [0.4, 0.5) is 26.7 Å². The first-order chi connectivity index (χ1) is 21.7. The van der Waals surface area contributed by atoms with Gasteiger partial charge in [-0.25, -0.2) is 9.59 Å². The summed E-state index contributed by atoms with van der Waals surface area (Å²) >= 11 is 0. The number of para-hydroxylation sites is 1. The van der Waals surface area contributed by atoms with Crippen molar-refractivity contribution in [2.45, 2.75) is 32.4 Å². The number of urea groups is 2. The van der Waals surface area contributed by atoms with Crippen molar-refractivity contribution in [3.8, 4) is 5.75 Å². The van der Waals surface area contributed by atoms with Crippen LogP contribution in [0, 0.1) is 5.92 Å². The maximum Gasteiger partial charge on any atom is 0.323 e. The van der Waals surface area contributed by atoms with Crippen LogP contribution < -0.4 is 20.7 Å².